The molecule has 3 aromatic rings. The number of aliphatic hydroxyl groups is 1. The smallest absolute Gasteiger partial charge is 0.243 e. The quantitative estimate of drug-likeness (QED) is 0.144. The van der Waals surface area contributed by atoms with Crippen LogP contribution in [0.15, 0.2) is 89.8 Å². The van der Waals surface area contributed by atoms with Gasteiger partial charge in [0.05, 0.1) is 11.5 Å². The molecule has 232 valence electrons. The molecule has 0 radical (unpaired) electrons. The first-order chi connectivity index (χ1) is 20.5. The van der Waals surface area contributed by atoms with E-state index in [-0.39, 0.29) is 35.8 Å². The van der Waals surface area contributed by atoms with E-state index in [0.717, 1.165) is 11.1 Å². The van der Waals surface area contributed by atoms with Crippen LogP contribution in [0.5, 0.6) is 0 Å². The first kappa shape index (κ1) is 33.8. The van der Waals surface area contributed by atoms with Crippen molar-refractivity contribution in [2.24, 2.45) is 5.92 Å². The van der Waals surface area contributed by atoms with Crippen molar-refractivity contribution in [1.29, 1.82) is 0 Å². The molecule has 0 spiro atoms. The van der Waals surface area contributed by atoms with Gasteiger partial charge in [0.25, 0.3) is 0 Å². The van der Waals surface area contributed by atoms with Crippen LogP contribution in [0.25, 0.3) is 0 Å². The first-order valence-electron chi connectivity index (χ1n) is 14.7. The predicted octanol–water partition coefficient (Wildman–Crippen LogP) is 3.90. The zero-order valence-corrected chi connectivity index (χ0v) is 26.0. The zero-order valence-electron chi connectivity index (χ0n) is 25.1. The highest BCUT2D eigenvalue weighted by Gasteiger charge is 2.33. The van der Waals surface area contributed by atoms with Gasteiger partial charge in [-0.25, -0.2) is 8.42 Å². The fourth-order valence-corrected chi connectivity index (χ4v) is 6.96. The number of aliphatic hydroxyl groups excluding tert-OH is 1. The first-order valence-corrected chi connectivity index (χ1v) is 16.1. The fraction of sp³-hybridized carbons (Fsp3) is 0.394. The standard InChI is InChI=1S/C33H44N4O5S/c1-24(2)22-37(43(41,42)30-19-17-28(34)18-20-30)29(23-38)16-10-11-21-35-33(40)32(36-25(3)39)31(26-12-6-4-7-13-26)27-14-8-5-9-15-27/h4-9,12-15,17-20,24,29,31-32,38H,10-11,16,21-23,34H2,1-3H3,(H,35,40)(H,36,39)/t29?,32-/m0/s1. The SMILES string of the molecule is CC(=O)N[C@H](C(=O)NCCCCC(CO)N(CC(C)C)S(=O)(=O)c1ccc(N)cc1)C(c1ccccc1)c1ccccc1. The number of carbonyl (C=O) groups excluding carboxylic acids is 2. The Morgan fingerprint density at radius 1 is 0.884 bits per heavy atom. The van der Waals surface area contributed by atoms with E-state index < -0.39 is 28.0 Å². The van der Waals surface area contributed by atoms with Crippen LogP contribution < -0.4 is 16.4 Å². The normalized spacial score (nSPS) is 13.2. The molecule has 0 aliphatic carbocycles. The number of anilines is 1. The number of sulfonamides is 1. The van der Waals surface area contributed by atoms with Crippen molar-refractivity contribution < 1.29 is 23.1 Å². The van der Waals surface area contributed by atoms with Crippen LogP contribution in [-0.4, -0.2) is 61.4 Å². The number of hydrogen-bond acceptors (Lipinski definition) is 6. The number of carbonyl (C=O) groups is 2. The van der Waals surface area contributed by atoms with Crippen LogP contribution in [0.2, 0.25) is 0 Å². The van der Waals surface area contributed by atoms with Crippen LogP contribution in [0.3, 0.4) is 0 Å². The minimum Gasteiger partial charge on any atom is -0.399 e. The van der Waals surface area contributed by atoms with Gasteiger partial charge in [-0.3, -0.25) is 9.59 Å². The summed E-state index contributed by atoms with van der Waals surface area (Å²) < 4.78 is 28.4. The van der Waals surface area contributed by atoms with Gasteiger partial charge in [0, 0.05) is 37.7 Å². The van der Waals surface area contributed by atoms with E-state index in [1.165, 1.54) is 23.4 Å². The van der Waals surface area contributed by atoms with Gasteiger partial charge < -0.3 is 21.5 Å². The fourth-order valence-electron chi connectivity index (χ4n) is 5.15. The largest absolute Gasteiger partial charge is 0.399 e. The summed E-state index contributed by atoms with van der Waals surface area (Å²) in [6, 6.07) is 23.8. The van der Waals surface area contributed by atoms with Gasteiger partial charge in [-0.2, -0.15) is 4.31 Å². The maximum absolute atomic E-state index is 13.5. The molecule has 0 saturated heterocycles. The van der Waals surface area contributed by atoms with E-state index >= 15 is 0 Å². The molecule has 10 heteroatoms. The Hall–Kier alpha value is -3.73. The molecule has 1 unspecified atom stereocenters. The number of nitrogen functional groups attached to an aromatic ring is 1. The number of benzene rings is 3. The molecule has 2 atom stereocenters. The number of nitrogens with two attached hydrogens (primary N) is 1. The van der Waals surface area contributed by atoms with Crippen molar-refractivity contribution in [2.75, 3.05) is 25.4 Å². The Kier molecular flexibility index (Phi) is 12.7. The Bertz CT molecular complexity index is 1360. The van der Waals surface area contributed by atoms with Crippen LogP contribution in [0.4, 0.5) is 5.69 Å². The minimum absolute atomic E-state index is 0.0461. The maximum atomic E-state index is 13.5. The third kappa shape index (κ3) is 9.64. The van der Waals surface area contributed by atoms with E-state index in [4.69, 9.17) is 5.73 Å². The van der Waals surface area contributed by atoms with Crippen LogP contribution >= 0.6 is 0 Å². The lowest BCUT2D eigenvalue weighted by Crippen LogP contribution is -2.50. The zero-order chi connectivity index (χ0) is 31.4. The van der Waals surface area contributed by atoms with Gasteiger partial charge in [-0.05, 0) is 54.2 Å². The second kappa shape index (κ2) is 16.2. The Labute approximate surface area is 255 Å². The maximum Gasteiger partial charge on any atom is 0.243 e. The highest BCUT2D eigenvalue weighted by Crippen LogP contribution is 2.29. The van der Waals surface area contributed by atoms with Gasteiger partial charge in [-0.15, -0.1) is 0 Å². The minimum atomic E-state index is -3.86. The monoisotopic (exact) mass is 608 g/mol. The summed E-state index contributed by atoms with van der Waals surface area (Å²) in [7, 11) is -3.86. The molecule has 0 heterocycles. The van der Waals surface area contributed by atoms with Crippen molar-refractivity contribution >= 4 is 27.5 Å². The molecule has 5 N–H and O–H groups in total. The van der Waals surface area contributed by atoms with Crippen molar-refractivity contribution in [1.82, 2.24) is 14.9 Å². The van der Waals surface area contributed by atoms with Crippen LogP contribution in [0.1, 0.15) is 57.1 Å². The highest BCUT2D eigenvalue weighted by molar-refractivity contribution is 7.89. The Morgan fingerprint density at radius 2 is 1.44 bits per heavy atom. The molecule has 0 aliphatic rings. The van der Waals surface area contributed by atoms with Crippen LogP contribution in [0, 0.1) is 5.92 Å². The van der Waals surface area contributed by atoms with Crippen LogP contribution in [-0.2, 0) is 19.6 Å². The van der Waals surface area contributed by atoms with Gasteiger partial charge in [0.15, 0.2) is 0 Å². The van der Waals surface area contributed by atoms with Crippen molar-refractivity contribution in [3.05, 3.63) is 96.1 Å². The molecule has 0 bridgehead atoms. The summed E-state index contributed by atoms with van der Waals surface area (Å²) in [4.78, 5) is 25.8. The second-order valence-electron chi connectivity index (χ2n) is 11.1. The van der Waals surface area contributed by atoms with Crippen molar-refractivity contribution in [3.63, 3.8) is 0 Å². The number of nitrogens with one attached hydrogen (secondary N) is 2. The molecule has 0 aliphatic heterocycles. The summed E-state index contributed by atoms with van der Waals surface area (Å²) >= 11 is 0. The second-order valence-corrected chi connectivity index (χ2v) is 13.0. The molecular weight excluding hydrogens is 564 g/mol. The summed E-state index contributed by atoms with van der Waals surface area (Å²) in [5.74, 6) is -0.965. The van der Waals surface area contributed by atoms with Gasteiger partial charge in [0.2, 0.25) is 21.8 Å². The average Bonchev–Trinajstić information content (AvgIpc) is 2.98. The molecule has 2 amide bonds. The van der Waals surface area contributed by atoms with E-state index in [1.807, 2.05) is 74.5 Å². The molecule has 3 rings (SSSR count). The summed E-state index contributed by atoms with van der Waals surface area (Å²) in [6.45, 7) is 5.52. The van der Waals surface area contributed by atoms with E-state index in [2.05, 4.69) is 10.6 Å². The van der Waals surface area contributed by atoms with E-state index in [0.29, 0.717) is 31.5 Å². The number of unbranched alkanes of at least 4 members (excludes halogenated alkanes) is 1. The molecule has 0 fully saturated rings. The summed E-state index contributed by atoms with van der Waals surface area (Å²) in [5.41, 5.74) is 8.02. The van der Waals surface area contributed by atoms with E-state index in [9.17, 15) is 23.1 Å². The third-order valence-corrected chi connectivity index (χ3v) is 9.14. The number of nitrogens with zero attached hydrogens (tertiary/aromatic N) is 1. The molecule has 0 aromatic heterocycles. The summed E-state index contributed by atoms with van der Waals surface area (Å²) in [5, 5.41) is 16.0. The number of rotatable bonds is 16. The lowest BCUT2D eigenvalue weighted by Gasteiger charge is -2.31. The molecule has 3 aromatic carbocycles. The summed E-state index contributed by atoms with van der Waals surface area (Å²) in [6.07, 6.45) is 1.55. The Morgan fingerprint density at radius 3 is 1.93 bits per heavy atom. The third-order valence-electron chi connectivity index (χ3n) is 7.21. The number of hydrogen-bond donors (Lipinski definition) is 4. The Balaban J connectivity index is 1.68. The van der Waals surface area contributed by atoms with Crippen molar-refractivity contribution in [2.45, 2.75) is 62.9 Å². The van der Waals surface area contributed by atoms with E-state index in [1.54, 1.807) is 12.1 Å². The average molecular weight is 609 g/mol. The topological polar surface area (TPSA) is 142 Å². The lowest BCUT2D eigenvalue weighted by molar-refractivity contribution is -0.128. The van der Waals surface area contributed by atoms with Gasteiger partial charge in [-0.1, -0.05) is 80.9 Å². The number of amides is 2. The lowest BCUT2D eigenvalue weighted by atomic mass is 9.84. The highest BCUT2D eigenvalue weighted by atomic mass is 32.2. The molecular formula is C33H44N4O5S. The molecule has 9 nitrogen and oxygen atoms in total. The molecule has 0 saturated carbocycles. The predicted molar refractivity (Wildman–Crippen MR) is 170 cm³/mol. The van der Waals surface area contributed by atoms with Crippen molar-refractivity contribution in [3.8, 4) is 0 Å². The van der Waals surface area contributed by atoms with Gasteiger partial charge in [0.1, 0.15) is 6.04 Å². The van der Waals surface area contributed by atoms with Gasteiger partial charge >= 0.3 is 0 Å². The molecule has 43 heavy (non-hydrogen) atoms.